The van der Waals surface area contributed by atoms with E-state index in [0.29, 0.717) is 17.4 Å². The smallest absolute Gasteiger partial charge is 0.179 e. The lowest BCUT2D eigenvalue weighted by atomic mass is 9.93. The molecular formula is C36H35N7O2. The van der Waals surface area contributed by atoms with Crippen molar-refractivity contribution in [3.05, 3.63) is 114 Å². The van der Waals surface area contributed by atoms with Crippen LogP contribution in [0.2, 0.25) is 0 Å². The number of aromatic hydroxyl groups is 1. The number of phenolic OH excluding ortho intramolecular Hbond substituents is 1. The van der Waals surface area contributed by atoms with Crippen LogP contribution in [0.25, 0.3) is 5.69 Å². The summed E-state index contributed by atoms with van der Waals surface area (Å²) < 4.78 is 7.46. The Kier molecular flexibility index (Phi) is 7.21. The van der Waals surface area contributed by atoms with Crippen molar-refractivity contribution in [1.29, 1.82) is 0 Å². The van der Waals surface area contributed by atoms with Gasteiger partial charge < -0.3 is 25.0 Å². The number of aliphatic imine (C=N–C) groups is 2. The van der Waals surface area contributed by atoms with Gasteiger partial charge in [-0.2, -0.15) is 5.10 Å². The standard InChI is InChI=1S/C36H35N7O2/c1-5-41(6-2)26-19-17-25(18-20-26)37-34-36-39-35-32(23(3)40-43(35)27-12-8-7-9-13-27)33(24-16-21-30(44)31(22-24)45-4)42(36)29-15-11-10-14-28(29)38-34/h7-22,33,44H,5-6H2,1-4H3,(H,37,38). The highest BCUT2D eigenvalue weighted by Crippen LogP contribution is 2.49. The minimum absolute atomic E-state index is 0.0824. The number of methoxy groups -OCH3 is 1. The highest BCUT2D eigenvalue weighted by molar-refractivity contribution is 6.51. The number of benzene rings is 4. The molecule has 0 aliphatic carbocycles. The van der Waals surface area contributed by atoms with Crippen LogP contribution in [0.15, 0.2) is 107 Å². The summed E-state index contributed by atoms with van der Waals surface area (Å²) in [5, 5.41) is 19.1. The van der Waals surface area contributed by atoms with Crippen molar-refractivity contribution in [3.8, 4) is 17.2 Å². The van der Waals surface area contributed by atoms with Crippen LogP contribution in [0, 0.1) is 6.92 Å². The second-order valence-electron chi connectivity index (χ2n) is 11.0. The van der Waals surface area contributed by atoms with Crippen LogP contribution in [0.5, 0.6) is 11.5 Å². The zero-order chi connectivity index (χ0) is 31.1. The van der Waals surface area contributed by atoms with Crippen molar-refractivity contribution in [2.75, 3.05) is 35.3 Å². The predicted molar refractivity (Wildman–Crippen MR) is 182 cm³/mol. The maximum absolute atomic E-state index is 10.5. The van der Waals surface area contributed by atoms with Crippen LogP contribution >= 0.6 is 0 Å². The molecule has 7 rings (SSSR count). The van der Waals surface area contributed by atoms with Crippen molar-refractivity contribution in [1.82, 2.24) is 9.78 Å². The third kappa shape index (κ3) is 4.86. The van der Waals surface area contributed by atoms with Gasteiger partial charge in [0.25, 0.3) is 0 Å². The molecule has 2 N–H and O–H groups in total. The minimum atomic E-state index is -0.335. The maximum atomic E-state index is 10.5. The van der Waals surface area contributed by atoms with E-state index >= 15 is 0 Å². The molecule has 0 amide bonds. The molecule has 1 unspecified atom stereocenters. The van der Waals surface area contributed by atoms with E-state index in [0.717, 1.165) is 58.5 Å². The SMILES string of the molecule is CCN(CC)c1ccc(NC2=Nc3ccccc3N3C2=Nc2c(c(C)nn2-c2ccccc2)C3c2ccc(O)c(OC)c2)cc1. The van der Waals surface area contributed by atoms with E-state index in [-0.39, 0.29) is 11.8 Å². The number of rotatable bonds is 7. The number of hydrogen-bond acceptors (Lipinski definition) is 8. The third-order valence-electron chi connectivity index (χ3n) is 8.42. The molecule has 2 aliphatic rings. The van der Waals surface area contributed by atoms with Gasteiger partial charge in [0.15, 0.2) is 29.0 Å². The molecule has 0 saturated heterocycles. The van der Waals surface area contributed by atoms with Crippen molar-refractivity contribution in [2.24, 2.45) is 9.98 Å². The van der Waals surface area contributed by atoms with Crippen LogP contribution < -0.4 is 19.9 Å². The summed E-state index contributed by atoms with van der Waals surface area (Å²) in [5.74, 6) is 2.51. The van der Waals surface area contributed by atoms with Gasteiger partial charge >= 0.3 is 0 Å². The Hall–Kier alpha value is -5.57. The van der Waals surface area contributed by atoms with Crippen molar-refractivity contribution in [3.63, 3.8) is 0 Å². The summed E-state index contributed by atoms with van der Waals surface area (Å²) in [6.07, 6.45) is 0. The number of nitrogens with one attached hydrogen (secondary N) is 1. The average molecular weight is 598 g/mol. The number of anilines is 3. The number of fused-ring (bicyclic) bond motifs is 4. The quantitative estimate of drug-likeness (QED) is 0.202. The summed E-state index contributed by atoms with van der Waals surface area (Å²) in [4.78, 5) is 14.9. The number of amidine groups is 2. The van der Waals surface area contributed by atoms with Crippen molar-refractivity contribution in [2.45, 2.75) is 26.8 Å². The summed E-state index contributed by atoms with van der Waals surface area (Å²) in [6.45, 7) is 8.23. The number of ether oxygens (including phenoxy) is 1. The second-order valence-corrected chi connectivity index (χ2v) is 11.0. The van der Waals surface area contributed by atoms with E-state index in [4.69, 9.17) is 19.8 Å². The molecule has 0 fully saturated rings. The zero-order valence-corrected chi connectivity index (χ0v) is 25.8. The lowest BCUT2D eigenvalue weighted by Crippen LogP contribution is -2.46. The van der Waals surface area contributed by atoms with Gasteiger partial charge in [0.05, 0.1) is 35.9 Å². The van der Waals surface area contributed by atoms with Crippen LogP contribution in [-0.4, -0.2) is 46.8 Å². The van der Waals surface area contributed by atoms with Gasteiger partial charge in [0.1, 0.15) is 0 Å². The van der Waals surface area contributed by atoms with Gasteiger partial charge in [0, 0.05) is 30.0 Å². The third-order valence-corrected chi connectivity index (χ3v) is 8.42. The molecule has 0 saturated carbocycles. The van der Waals surface area contributed by atoms with Crippen molar-refractivity contribution < 1.29 is 9.84 Å². The van der Waals surface area contributed by atoms with Crippen LogP contribution in [0.1, 0.15) is 36.7 Å². The molecule has 1 aromatic heterocycles. The Bertz CT molecular complexity index is 1930. The van der Waals surface area contributed by atoms with E-state index in [1.807, 2.05) is 72.3 Å². The lowest BCUT2D eigenvalue weighted by Gasteiger charge is -2.40. The molecule has 1 atom stereocenters. The highest BCUT2D eigenvalue weighted by Gasteiger charge is 2.41. The fraction of sp³-hybridized carbons (Fsp3) is 0.194. The van der Waals surface area contributed by atoms with Crippen molar-refractivity contribution >= 4 is 40.2 Å². The number of phenols is 1. The summed E-state index contributed by atoms with van der Waals surface area (Å²) >= 11 is 0. The highest BCUT2D eigenvalue weighted by atomic mass is 16.5. The largest absolute Gasteiger partial charge is 0.504 e. The summed E-state index contributed by atoms with van der Waals surface area (Å²) in [5.41, 5.74) is 7.49. The first-order valence-electron chi connectivity index (χ1n) is 15.2. The summed E-state index contributed by atoms with van der Waals surface area (Å²) in [6, 6.07) is 31.7. The predicted octanol–water partition coefficient (Wildman–Crippen LogP) is 7.54. The number of nitrogens with zero attached hydrogens (tertiary/aromatic N) is 6. The van der Waals surface area contributed by atoms with E-state index in [1.54, 1.807) is 13.2 Å². The number of para-hydroxylation sites is 3. The average Bonchev–Trinajstić information content (AvgIpc) is 3.41. The normalized spacial score (nSPS) is 14.9. The molecule has 3 heterocycles. The first-order valence-corrected chi connectivity index (χ1v) is 15.2. The van der Waals surface area contributed by atoms with Gasteiger partial charge in [0.2, 0.25) is 0 Å². The Morgan fingerprint density at radius 1 is 0.889 bits per heavy atom. The molecular weight excluding hydrogens is 562 g/mol. The van der Waals surface area contributed by atoms with E-state index in [9.17, 15) is 5.11 Å². The van der Waals surface area contributed by atoms with E-state index in [2.05, 4.69) is 59.3 Å². The first kappa shape index (κ1) is 28.2. The van der Waals surface area contributed by atoms with Gasteiger partial charge in [-0.1, -0.05) is 36.4 Å². The second kappa shape index (κ2) is 11.5. The molecule has 4 aromatic carbocycles. The molecule has 9 heteroatoms. The Labute approximate surface area is 262 Å². The molecule has 0 bridgehead atoms. The topological polar surface area (TPSA) is 90.5 Å². The molecule has 226 valence electrons. The van der Waals surface area contributed by atoms with Crippen LogP contribution in [0.4, 0.5) is 28.6 Å². The first-order chi connectivity index (χ1) is 22.0. The van der Waals surface area contributed by atoms with E-state index < -0.39 is 0 Å². The van der Waals surface area contributed by atoms with E-state index in [1.165, 1.54) is 5.69 Å². The fourth-order valence-electron chi connectivity index (χ4n) is 6.21. The molecule has 0 spiro atoms. The van der Waals surface area contributed by atoms with Crippen LogP contribution in [0.3, 0.4) is 0 Å². The molecule has 45 heavy (non-hydrogen) atoms. The van der Waals surface area contributed by atoms with Gasteiger partial charge in [-0.3, -0.25) is 0 Å². The zero-order valence-electron chi connectivity index (χ0n) is 25.8. The Morgan fingerprint density at radius 2 is 1.62 bits per heavy atom. The van der Waals surface area contributed by atoms with Gasteiger partial charge in [-0.15, -0.1) is 0 Å². The fourth-order valence-corrected chi connectivity index (χ4v) is 6.21. The Morgan fingerprint density at radius 3 is 2.36 bits per heavy atom. The number of aromatic nitrogens is 2. The minimum Gasteiger partial charge on any atom is -0.504 e. The Balaban J connectivity index is 1.43. The summed E-state index contributed by atoms with van der Waals surface area (Å²) in [7, 11) is 1.56. The molecule has 2 aliphatic heterocycles. The monoisotopic (exact) mass is 597 g/mol. The molecule has 0 radical (unpaired) electrons. The molecule has 5 aromatic rings. The maximum Gasteiger partial charge on any atom is 0.179 e. The van der Waals surface area contributed by atoms with Gasteiger partial charge in [-0.25, -0.2) is 14.7 Å². The lowest BCUT2D eigenvalue weighted by molar-refractivity contribution is 0.372. The van der Waals surface area contributed by atoms with Gasteiger partial charge in [-0.05, 0) is 87.0 Å². The van der Waals surface area contributed by atoms with Crippen LogP contribution in [-0.2, 0) is 0 Å². The molecule has 9 nitrogen and oxygen atoms in total. The number of hydrogen-bond donors (Lipinski definition) is 2. The number of aryl methyl sites for hydroxylation is 1.